The number of carbonyl (C=O) groups is 1. The molecule has 3 aromatic rings. The molecule has 0 bridgehead atoms. The first kappa shape index (κ1) is 14.8. The summed E-state index contributed by atoms with van der Waals surface area (Å²) >= 11 is 0. The van der Waals surface area contributed by atoms with Crippen molar-refractivity contribution in [2.24, 2.45) is 0 Å². The molecule has 0 N–H and O–H groups in total. The van der Waals surface area contributed by atoms with E-state index in [0.717, 1.165) is 29.9 Å². The predicted molar refractivity (Wildman–Crippen MR) is 87.1 cm³/mol. The van der Waals surface area contributed by atoms with Crippen LogP contribution in [0, 0.1) is 0 Å². The van der Waals surface area contributed by atoms with Crippen molar-refractivity contribution in [1.82, 2.24) is 9.97 Å². The molecule has 1 aliphatic rings. The van der Waals surface area contributed by atoms with E-state index in [1.165, 1.54) is 6.92 Å². The zero-order valence-electron chi connectivity index (χ0n) is 13.2. The fraction of sp³-hybridized carbons (Fsp3) is 0.278. The third-order valence-electron chi connectivity index (χ3n) is 3.92. The summed E-state index contributed by atoms with van der Waals surface area (Å²) in [6, 6.07) is 9.02. The normalized spacial score (nSPS) is 17.3. The first-order valence-corrected chi connectivity index (χ1v) is 7.81. The molecule has 1 fully saturated rings. The first-order valence-electron chi connectivity index (χ1n) is 7.81. The van der Waals surface area contributed by atoms with Gasteiger partial charge in [-0.2, -0.15) is 0 Å². The summed E-state index contributed by atoms with van der Waals surface area (Å²) in [5, 5.41) is 0. The monoisotopic (exact) mass is 324 g/mol. The molecular weight excluding hydrogens is 308 g/mol. The topological polar surface area (TPSA) is 74.5 Å². The summed E-state index contributed by atoms with van der Waals surface area (Å²) in [7, 11) is 0. The number of Topliss-reactive ketones (excluding diaryl/α,β-unsaturated/α-hetero) is 1. The fourth-order valence-corrected chi connectivity index (χ4v) is 2.66. The van der Waals surface area contributed by atoms with Gasteiger partial charge in [-0.15, -0.1) is 0 Å². The van der Waals surface area contributed by atoms with Gasteiger partial charge in [0.2, 0.25) is 5.89 Å². The minimum atomic E-state index is -0.0950. The van der Waals surface area contributed by atoms with Gasteiger partial charge in [-0.05, 0) is 24.3 Å². The molecule has 6 nitrogen and oxygen atoms in total. The molecule has 0 radical (unpaired) electrons. The minimum Gasteiger partial charge on any atom is -0.488 e. The number of fused-ring (bicyclic) bond motifs is 1. The lowest BCUT2D eigenvalue weighted by Gasteiger charge is -2.10. The summed E-state index contributed by atoms with van der Waals surface area (Å²) in [5.74, 6) is 1.10. The fourth-order valence-electron chi connectivity index (χ4n) is 2.66. The summed E-state index contributed by atoms with van der Waals surface area (Å²) < 4.78 is 17.0. The molecule has 0 spiro atoms. The van der Waals surface area contributed by atoms with Gasteiger partial charge in [-0.1, -0.05) is 0 Å². The van der Waals surface area contributed by atoms with Crippen molar-refractivity contribution < 1.29 is 18.7 Å². The van der Waals surface area contributed by atoms with Crippen molar-refractivity contribution in [3.8, 4) is 17.2 Å². The van der Waals surface area contributed by atoms with Gasteiger partial charge in [0.25, 0.3) is 0 Å². The van der Waals surface area contributed by atoms with E-state index < -0.39 is 0 Å². The van der Waals surface area contributed by atoms with E-state index in [4.69, 9.17) is 13.9 Å². The van der Waals surface area contributed by atoms with E-state index in [0.29, 0.717) is 23.8 Å². The van der Waals surface area contributed by atoms with E-state index in [-0.39, 0.29) is 11.9 Å². The largest absolute Gasteiger partial charge is 0.488 e. The number of ether oxygens (including phenoxy) is 2. The molecule has 2 aromatic heterocycles. The molecule has 0 saturated carbocycles. The van der Waals surface area contributed by atoms with Gasteiger partial charge in [0, 0.05) is 31.2 Å². The van der Waals surface area contributed by atoms with Gasteiger partial charge in [-0.25, -0.2) is 4.98 Å². The lowest BCUT2D eigenvalue weighted by atomic mass is 10.2. The molecule has 0 amide bonds. The molecule has 1 aromatic carbocycles. The smallest absolute Gasteiger partial charge is 0.227 e. The van der Waals surface area contributed by atoms with Crippen LogP contribution in [0.5, 0.6) is 5.75 Å². The number of aromatic nitrogens is 2. The Morgan fingerprint density at radius 2 is 2.21 bits per heavy atom. The van der Waals surface area contributed by atoms with Gasteiger partial charge in [0.1, 0.15) is 23.1 Å². The average molecular weight is 324 g/mol. The lowest BCUT2D eigenvalue weighted by molar-refractivity contribution is 0.101. The van der Waals surface area contributed by atoms with Gasteiger partial charge >= 0.3 is 0 Å². The third kappa shape index (κ3) is 2.88. The zero-order valence-corrected chi connectivity index (χ0v) is 13.2. The maximum atomic E-state index is 11.5. The minimum absolute atomic E-state index is 0.0863. The summed E-state index contributed by atoms with van der Waals surface area (Å²) in [6.07, 6.45) is 2.56. The Morgan fingerprint density at radius 1 is 1.29 bits per heavy atom. The Bertz CT molecular complexity index is 897. The Labute approximate surface area is 138 Å². The highest BCUT2D eigenvalue weighted by Crippen LogP contribution is 2.28. The van der Waals surface area contributed by atoms with Crippen LogP contribution in [-0.2, 0) is 4.74 Å². The number of oxazole rings is 1. The SMILES string of the molecule is CC(=O)c1cc(-c2nc3ccc(O[C@H]4CCOC4)cc3o2)ccn1. The molecule has 1 atom stereocenters. The number of hydrogen-bond donors (Lipinski definition) is 0. The second-order valence-electron chi connectivity index (χ2n) is 5.74. The highest BCUT2D eigenvalue weighted by atomic mass is 16.5. The van der Waals surface area contributed by atoms with Gasteiger partial charge in [0.05, 0.1) is 13.2 Å². The maximum Gasteiger partial charge on any atom is 0.227 e. The molecule has 1 saturated heterocycles. The summed E-state index contributed by atoms with van der Waals surface area (Å²) in [4.78, 5) is 20.0. The second kappa shape index (κ2) is 6.05. The van der Waals surface area contributed by atoms with Gasteiger partial charge in [-0.3, -0.25) is 9.78 Å². The van der Waals surface area contributed by atoms with Crippen molar-refractivity contribution in [2.45, 2.75) is 19.4 Å². The molecule has 0 unspecified atom stereocenters. The second-order valence-corrected chi connectivity index (χ2v) is 5.74. The molecule has 3 heterocycles. The van der Waals surface area contributed by atoms with E-state index in [2.05, 4.69) is 9.97 Å². The molecule has 122 valence electrons. The number of pyridine rings is 1. The third-order valence-corrected chi connectivity index (χ3v) is 3.92. The van der Waals surface area contributed by atoms with Crippen LogP contribution in [0.4, 0.5) is 0 Å². The van der Waals surface area contributed by atoms with E-state index in [9.17, 15) is 4.79 Å². The molecule has 24 heavy (non-hydrogen) atoms. The van der Waals surface area contributed by atoms with Crippen LogP contribution in [0.2, 0.25) is 0 Å². The highest BCUT2D eigenvalue weighted by molar-refractivity contribution is 5.93. The number of hydrogen-bond acceptors (Lipinski definition) is 6. The lowest BCUT2D eigenvalue weighted by Crippen LogP contribution is -2.15. The van der Waals surface area contributed by atoms with Crippen LogP contribution in [0.1, 0.15) is 23.8 Å². The Morgan fingerprint density at radius 3 is 3.00 bits per heavy atom. The summed E-state index contributed by atoms with van der Waals surface area (Å²) in [6.45, 7) is 2.83. The molecule has 6 heteroatoms. The number of benzene rings is 1. The molecular formula is C18H16N2O4. The van der Waals surface area contributed by atoms with Crippen molar-refractivity contribution in [2.75, 3.05) is 13.2 Å². The van der Waals surface area contributed by atoms with Gasteiger partial charge in [0.15, 0.2) is 11.4 Å². The van der Waals surface area contributed by atoms with Crippen molar-refractivity contribution in [1.29, 1.82) is 0 Å². The Kier molecular flexibility index (Phi) is 3.74. The van der Waals surface area contributed by atoms with Crippen LogP contribution in [0.15, 0.2) is 40.9 Å². The Hall–Kier alpha value is -2.73. The van der Waals surface area contributed by atoms with Crippen LogP contribution >= 0.6 is 0 Å². The number of carbonyl (C=O) groups excluding carboxylic acids is 1. The molecule has 4 rings (SSSR count). The van der Waals surface area contributed by atoms with Crippen LogP contribution in [0.3, 0.4) is 0 Å². The number of nitrogens with zero attached hydrogens (tertiary/aromatic N) is 2. The van der Waals surface area contributed by atoms with Crippen molar-refractivity contribution in [3.05, 3.63) is 42.2 Å². The van der Waals surface area contributed by atoms with Crippen LogP contribution in [0.25, 0.3) is 22.6 Å². The quantitative estimate of drug-likeness (QED) is 0.686. The van der Waals surface area contributed by atoms with E-state index in [1.807, 2.05) is 18.2 Å². The highest BCUT2D eigenvalue weighted by Gasteiger charge is 2.18. The predicted octanol–water partition coefficient (Wildman–Crippen LogP) is 3.26. The average Bonchev–Trinajstić information content (AvgIpc) is 3.24. The van der Waals surface area contributed by atoms with E-state index >= 15 is 0 Å². The van der Waals surface area contributed by atoms with Gasteiger partial charge < -0.3 is 13.9 Å². The maximum absolute atomic E-state index is 11.5. The molecule has 1 aliphatic heterocycles. The first-order chi connectivity index (χ1) is 11.7. The number of rotatable bonds is 4. The summed E-state index contributed by atoms with van der Waals surface area (Å²) in [5.41, 5.74) is 2.49. The standard InChI is InChI=1S/C18H16N2O4/c1-11(21)16-8-12(4-6-19-16)18-20-15-3-2-13(9-17(15)24-18)23-14-5-7-22-10-14/h2-4,6,8-9,14H,5,7,10H2,1H3/t14-/m0/s1. The number of ketones is 1. The van der Waals surface area contributed by atoms with Crippen molar-refractivity contribution in [3.63, 3.8) is 0 Å². The zero-order chi connectivity index (χ0) is 16.5. The van der Waals surface area contributed by atoms with Crippen molar-refractivity contribution >= 4 is 16.9 Å². The van der Waals surface area contributed by atoms with Crippen LogP contribution < -0.4 is 4.74 Å². The van der Waals surface area contributed by atoms with Crippen LogP contribution in [-0.4, -0.2) is 35.1 Å². The Balaban J connectivity index is 1.65. The molecule has 0 aliphatic carbocycles. The van der Waals surface area contributed by atoms with E-state index in [1.54, 1.807) is 18.3 Å².